The molecule has 0 aliphatic carbocycles. The molecule has 0 radical (unpaired) electrons. The van der Waals surface area contributed by atoms with Crippen LogP contribution in [0.2, 0.25) is 0 Å². The Bertz CT molecular complexity index is 420. The maximum absolute atomic E-state index is 11.6. The van der Waals surface area contributed by atoms with Crippen LogP contribution >= 0.6 is 15.9 Å². The van der Waals surface area contributed by atoms with Gasteiger partial charge in [-0.3, -0.25) is 4.79 Å². The minimum atomic E-state index is -0.383. The average molecular weight is 314 g/mol. The van der Waals surface area contributed by atoms with E-state index in [-0.39, 0.29) is 25.2 Å². The molecular formula is C13H16BrNO3. The first-order valence-corrected chi connectivity index (χ1v) is 6.29. The molecule has 18 heavy (non-hydrogen) atoms. The van der Waals surface area contributed by atoms with Gasteiger partial charge < -0.3 is 15.2 Å². The summed E-state index contributed by atoms with van der Waals surface area (Å²) in [7, 11) is 1.52. The van der Waals surface area contributed by atoms with E-state index in [1.165, 1.54) is 13.2 Å². The predicted octanol–water partition coefficient (Wildman–Crippen LogP) is 1.59. The maximum Gasteiger partial charge on any atom is 0.244 e. The number of halogens is 1. The van der Waals surface area contributed by atoms with Gasteiger partial charge in [0, 0.05) is 17.7 Å². The highest BCUT2D eigenvalue weighted by Crippen LogP contribution is 2.16. The summed E-state index contributed by atoms with van der Waals surface area (Å²) in [4.78, 5) is 11.6. The van der Waals surface area contributed by atoms with Gasteiger partial charge in [-0.1, -0.05) is 34.1 Å². The topological polar surface area (TPSA) is 58.6 Å². The molecule has 1 aromatic rings. The maximum atomic E-state index is 11.6. The van der Waals surface area contributed by atoms with Crippen molar-refractivity contribution < 1.29 is 14.6 Å². The number of carbonyl (C=O) groups excluding carboxylic acids is 1. The van der Waals surface area contributed by atoms with Crippen molar-refractivity contribution in [3.05, 3.63) is 40.4 Å². The summed E-state index contributed by atoms with van der Waals surface area (Å²) < 4.78 is 5.79. The number of aliphatic hydroxyl groups excluding tert-OH is 1. The minimum Gasteiger partial charge on any atom is -0.394 e. The van der Waals surface area contributed by atoms with Crippen LogP contribution in [0.1, 0.15) is 5.56 Å². The summed E-state index contributed by atoms with van der Waals surface area (Å²) in [6, 6.07) is 7.21. The van der Waals surface area contributed by atoms with Gasteiger partial charge in [0.1, 0.15) is 0 Å². The molecule has 1 atom stereocenters. The minimum absolute atomic E-state index is 0.150. The first-order chi connectivity index (χ1) is 8.67. The molecule has 1 aromatic carbocycles. The van der Waals surface area contributed by atoms with Crippen molar-refractivity contribution in [1.82, 2.24) is 5.32 Å². The normalized spacial score (nSPS) is 12.6. The lowest BCUT2D eigenvalue weighted by Gasteiger charge is -2.13. The fraction of sp³-hybridized carbons (Fsp3) is 0.308. The Morgan fingerprint density at radius 1 is 1.56 bits per heavy atom. The molecular weight excluding hydrogens is 298 g/mol. The summed E-state index contributed by atoms with van der Waals surface area (Å²) in [5, 5.41) is 11.7. The fourth-order valence-electron chi connectivity index (χ4n) is 1.37. The highest BCUT2D eigenvalue weighted by molar-refractivity contribution is 9.10. The van der Waals surface area contributed by atoms with E-state index in [1.54, 1.807) is 6.08 Å². The highest BCUT2D eigenvalue weighted by atomic mass is 79.9. The van der Waals surface area contributed by atoms with Gasteiger partial charge in [0.25, 0.3) is 0 Å². The molecule has 2 N–H and O–H groups in total. The first-order valence-electron chi connectivity index (χ1n) is 5.50. The SMILES string of the molecule is COCC(CO)NC(=O)/C=C/c1ccccc1Br. The van der Waals surface area contributed by atoms with Crippen molar-refractivity contribution in [2.75, 3.05) is 20.3 Å². The molecule has 0 bridgehead atoms. The third kappa shape index (κ3) is 5.00. The van der Waals surface area contributed by atoms with Crippen molar-refractivity contribution in [3.63, 3.8) is 0 Å². The molecule has 0 saturated heterocycles. The number of hydrogen-bond acceptors (Lipinski definition) is 3. The van der Waals surface area contributed by atoms with E-state index in [9.17, 15) is 4.79 Å². The molecule has 0 aliphatic heterocycles. The fourth-order valence-corrected chi connectivity index (χ4v) is 1.78. The van der Waals surface area contributed by atoms with Crippen molar-refractivity contribution >= 4 is 27.9 Å². The Kier molecular flexibility index (Phi) is 6.64. The van der Waals surface area contributed by atoms with Crippen LogP contribution in [0.5, 0.6) is 0 Å². The van der Waals surface area contributed by atoms with E-state index in [1.807, 2.05) is 24.3 Å². The van der Waals surface area contributed by atoms with Crippen molar-refractivity contribution in [2.45, 2.75) is 6.04 Å². The van der Waals surface area contributed by atoms with Crippen molar-refractivity contribution in [2.24, 2.45) is 0 Å². The van der Waals surface area contributed by atoms with Crippen molar-refractivity contribution in [1.29, 1.82) is 0 Å². The van der Waals surface area contributed by atoms with E-state index < -0.39 is 0 Å². The molecule has 0 spiro atoms. The molecule has 4 nitrogen and oxygen atoms in total. The molecule has 1 rings (SSSR count). The van der Waals surface area contributed by atoms with E-state index in [0.717, 1.165) is 10.0 Å². The molecule has 0 heterocycles. The van der Waals surface area contributed by atoms with Gasteiger partial charge in [-0.05, 0) is 17.7 Å². The lowest BCUT2D eigenvalue weighted by atomic mass is 10.2. The third-order valence-corrected chi connectivity index (χ3v) is 2.98. The van der Waals surface area contributed by atoms with Crippen LogP contribution in [0.3, 0.4) is 0 Å². The number of nitrogens with one attached hydrogen (secondary N) is 1. The molecule has 0 aromatic heterocycles. The molecule has 5 heteroatoms. The molecule has 0 aliphatic rings. The number of hydrogen-bond donors (Lipinski definition) is 2. The summed E-state index contributed by atoms with van der Waals surface area (Å²) in [6.07, 6.45) is 3.14. The molecule has 0 fully saturated rings. The smallest absolute Gasteiger partial charge is 0.244 e. The highest BCUT2D eigenvalue weighted by Gasteiger charge is 2.08. The zero-order valence-corrected chi connectivity index (χ0v) is 11.7. The summed E-state index contributed by atoms with van der Waals surface area (Å²) in [5.41, 5.74) is 0.917. The van der Waals surface area contributed by atoms with Gasteiger partial charge in [0.05, 0.1) is 19.3 Å². The molecule has 98 valence electrons. The zero-order chi connectivity index (χ0) is 13.4. The Labute approximate surface area is 115 Å². The van der Waals surface area contributed by atoms with Crippen LogP contribution in [-0.4, -0.2) is 37.4 Å². The number of aliphatic hydroxyl groups is 1. The quantitative estimate of drug-likeness (QED) is 0.784. The Morgan fingerprint density at radius 2 is 2.28 bits per heavy atom. The van der Waals surface area contributed by atoms with Crippen LogP contribution in [0, 0.1) is 0 Å². The number of carbonyl (C=O) groups is 1. The van der Waals surface area contributed by atoms with E-state index in [2.05, 4.69) is 21.2 Å². The number of methoxy groups -OCH3 is 1. The second-order valence-corrected chi connectivity index (χ2v) is 4.55. The average Bonchev–Trinajstić information content (AvgIpc) is 2.37. The van der Waals surface area contributed by atoms with Gasteiger partial charge in [0.15, 0.2) is 0 Å². The van der Waals surface area contributed by atoms with E-state index >= 15 is 0 Å². The van der Waals surface area contributed by atoms with Gasteiger partial charge in [0.2, 0.25) is 5.91 Å². The lowest BCUT2D eigenvalue weighted by molar-refractivity contribution is -0.117. The Morgan fingerprint density at radius 3 is 2.89 bits per heavy atom. The van der Waals surface area contributed by atoms with Gasteiger partial charge in [-0.2, -0.15) is 0 Å². The van der Waals surface area contributed by atoms with Gasteiger partial charge in [-0.15, -0.1) is 0 Å². The molecule has 1 amide bonds. The number of rotatable bonds is 6. The monoisotopic (exact) mass is 313 g/mol. The number of benzene rings is 1. The predicted molar refractivity (Wildman–Crippen MR) is 74.1 cm³/mol. The van der Waals surface area contributed by atoms with Gasteiger partial charge >= 0.3 is 0 Å². The van der Waals surface area contributed by atoms with Crippen LogP contribution in [-0.2, 0) is 9.53 Å². The van der Waals surface area contributed by atoms with Crippen LogP contribution < -0.4 is 5.32 Å². The van der Waals surface area contributed by atoms with E-state index in [0.29, 0.717) is 0 Å². The first kappa shape index (κ1) is 14.9. The largest absolute Gasteiger partial charge is 0.394 e. The Hall–Kier alpha value is -1.17. The van der Waals surface area contributed by atoms with Crippen LogP contribution in [0.25, 0.3) is 6.08 Å². The van der Waals surface area contributed by atoms with Crippen molar-refractivity contribution in [3.8, 4) is 0 Å². The Balaban J connectivity index is 2.57. The van der Waals surface area contributed by atoms with Crippen LogP contribution in [0.15, 0.2) is 34.8 Å². The second kappa shape index (κ2) is 8.02. The summed E-state index contributed by atoms with van der Waals surface area (Å²) in [5.74, 6) is -0.262. The van der Waals surface area contributed by atoms with Crippen LogP contribution in [0.4, 0.5) is 0 Å². The zero-order valence-electron chi connectivity index (χ0n) is 10.1. The number of amides is 1. The van der Waals surface area contributed by atoms with Gasteiger partial charge in [-0.25, -0.2) is 0 Å². The number of ether oxygens (including phenoxy) is 1. The molecule has 1 unspecified atom stereocenters. The summed E-state index contributed by atoms with van der Waals surface area (Å²) >= 11 is 3.39. The molecule has 0 saturated carbocycles. The standard InChI is InChI=1S/C13H16BrNO3/c1-18-9-11(8-16)15-13(17)7-6-10-4-2-3-5-12(10)14/h2-7,11,16H,8-9H2,1H3,(H,15,17)/b7-6+. The lowest BCUT2D eigenvalue weighted by Crippen LogP contribution is -2.39. The van der Waals surface area contributed by atoms with E-state index in [4.69, 9.17) is 9.84 Å². The second-order valence-electron chi connectivity index (χ2n) is 3.70. The summed E-state index contributed by atoms with van der Waals surface area (Å²) in [6.45, 7) is 0.133. The third-order valence-electron chi connectivity index (χ3n) is 2.25.